The van der Waals surface area contributed by atoms with Gasteiger partial charge in [-0.3, -0.25) is 0 Å². The Morgan fingerprint density at radius 2 is 1.87 bits per heavy atom. The first-order valence-electron chi connectivity index (χ1n) is 7.22. The maximum Gasteiger partial charge on any atom is 0.387 e. The third-order valence-electron chi connectivity index (χ3n) is 3.38. The summed E-state index contributed by atoms with van der Waals surface area (Å²) in [5, 5.41) is 12.7. The first-order valence-corrected chi connectivity index (χ1v) is 7.60. The van der Waals surface area contributed by atoms with Crippen molar-refractivity contribution in [1.29, 1.82) is 0 Å². The van der Waals surface area contributed by atoms with Gasteiger partial charge in [0.25, 0.3) is 0 Å². The Morgan fingerprint density at radius 1 is 1.13 bits per heavy atom. The number of benzene rings is 2. The van der Waals surface area contributed by atoms with E-state index in [1.165, 1.54) is 6.07 Å². The second-order valence-electron chi connectivity index (χ2n) is 5.00. The molecule has 6 heteroatoms. The summed E-state index contributed by atoms with van der Waals surface area (Å²) < 4.78 is 28.7. The van der Waals surface area contributed by atoms with Crippen LogP contribution in [-0.2, 0) is 6.54 Å². The molecular formula is C17H18ClF2NO2. The van der Waals surface area contributed by atoms with Crippen molar-refractivity contribution in [2.24, 2.45) is 0 Å². The van der Waals surface area contributed by atoms with E-state index in [0.29, 0.717) is 13.0 Å². The molecule has 0 heterocycles. The molecule has 2 rings (SSSR count). The Kier molecular flexibility index (Phi) is 6.77. The second kappa shape index (κ2) is 8.82. The average molecular weight is 342 g/mol. The van der Waals surface area contributed by atoms with Gasteiger partial charge in [-0.1, -0.05) is 48.0 Å². The van der Waals surface area contributed by atoms with E-state index < -0.39 is 6.61 Å². The molecule has 0 spiro atoms. The normalized spacial score (nSPS) is 12.4. The smallest absolute Gasteiger partial charge is 0.387 e. The van der Waals surface area contributed by atoms with E-state index >= 15 is 0 Å². The fourth-order valence-corrected chi connectivity index (χ4v) is 2.54. The molecule has 2 aromatic rings. The molecule has 0 aliphatic rings. The molecule has 3 nitrogen and oxygen atoms in total. The van der Waals surface area contributed by atoms with Gasteiger partial charge in [0.1, 0.15) is 5.75 Å². The van der Waals surface area contributed by atoms with E-state index in [0.717, 1.165) is 11.1 Å². The second-order valence-corrected chi connectivity index (χ2v) is 5.41. The number of ether oxygens (including phenoxy) is 1. The summed E-state index contributed by atoms with van der Waals surface area (Å²) in [6, 6.07) is 14.5. The highest BCUT2D eigenvalue weighted by Crippen LogP contribution is 2.27. The standard InChI is InChI=1S/C17H18ClF2NO2/c18-14-10-12(6-7-16(14)23-17(19)20)11-21-15(8-9-22)13-4-2-1-3-5-13/h1-7,10,15,17,21-22H,8-9,11H2/t15-/m1/s1. The third-order valence-corrected chi connectivity index (χ3v) is 3.68. The van der Waals surface area contributed by atoms with Gasteiger partial charge in [0.05, 0.1) is 5.02 Å². The van der Waals surface area contributed by atoms with E-state index in [2.05, 4.69) is 10.1 Å². The van der Waals surface area contributed by atoms with Crippen molar-refractivity contribution in [1.82, 2.24) is 5.32 Å². The van der Waals surface area contributed by atoms with Gasteiger partial charge in [-0.15, -0.1) is 0 Å². The Morgan fingerprint density at radius 3 is 2.48 bits per heavy atom. The summed E-state index contributed by atoms with van der Waals surface area (Å²) in [7, 11) is 0. The summed E-state index contributed by atoms with van der Waals surface area (Å²) >= 11 is 5.94. The lowest BCUT2D eigenvalue weighted by Gasteiger charge is -2.18. The monoisotopic (exact) mass is 341 g/mol. The van der Waals surface area contributed by atoms with Crippen LogP contribution in [-0.4, -0.2) is 18.3 Å². The van der Waals surface area contributed by atoms with Crippen LogP contribution in [0.4, 0.5) is 8.78 Å². The molecular weight excluding hydrogens is 324 g/mol. The molecule has 0 bridgehead atoms. The highest BCUT2D eigenvalue weighted by Gasteiger charge is 2.12. The number of hydrogen-bond acceptors (Lipinski definition) is 3. The summed E-state index contributed by atoms with van der Waals surface area (Å²) in [6.45, 7) is -2.34. The van der Waals surface area contributed by atoms with Crippen molar-refractivity contribution in [3.05, 3.63) is 64.7 Å². The molecule has 1 atom stereocenters. The first-order chi connectivity index (χ1) is 11.1. The van der Waals surface area contributed by atoms with E-state index in [4.69, 9.17) is 11.6 Å². The van der Waals surface area contributed by atoms with Gasteiger partial charge in [0.15, 0.2) is 0 Å². The van der Waals surface area contributed by atoms with E-state index in [9.17, 15) is 13.9 Å². The first kappa shape index (κ1) is 17.7. The van der Waals surface area contributed by atoms with E-state index in [-0.39, 0.29) is 23.4 Å². The van der Waals surface area contributed by atoms with Gasteiger partial charge in [0, 0.05) is 19.2 Å². The molecule has 2 N–H and O–H groups in total. The zero-order valence-electron chi connectivity index (χ0n) is 12.4. The zero-order chi connectivity index (χ0) is 16.7. The topological polar surface area (TPSA) is 41.5 Å². The van der Waals surface area contributed by atoms with Gasteiger partial charge in [0.2, 0.25) is 0 Å². The molecule has 0 saturated heterocycles. The largest absolute Gasteiger partial charge is 0.433 e. The number of alkyl halides is 2. The molecule has 2 aromatic carbocycles. The molecule has 0 aliphatic carbocycles. The van der Waals surface area contributed by atoms with Crippen LogP contribution in [0, 0.1) is 0 Å². The van der Waals surface area contributed by atoms with Crippen molar-refractivity contribution < 1.29 is 18.6 Å². The predicted molar refractivity (Wildman–Crippen MR) is 85.8 cm³/mol. The van der Waals surface area contributed by atoms with Crippen molar-refractivity contribution in [2.45, 2.75) is 25.6 Å². The number of hydrogen-bond donors (Lipinski definition) is 2. The minimum atomic E-state index is -2.90. The Hall–Kier alpha value is -1.69. The van der Waals surface area contributed by atoms with Crippen molar-refractivity contribution >= 4 is 11.6 Å². The van der Waals surface area contributed by atoms with E-state index in [1.54, 1.807) is 12.1 Å². The molecule has 0 aromatic heterocycles. The lowest BCUT2D eigenvalue weighted by atomic mass is 10.0. The number of halogens is 3. The SMILES string of the molecule is OCC[C@@H](NCc1ccc(OC(F)F)c(Cl)c1)c1ccccc1. The highest BCUT2D eigenvalue weighted by molar-refractivity contribution is 6.32. The Balaban J connectivity index is 2.02. The highest BCUT2D eigenvalue weighted by atomic mass is 35.5. The minimum absolute atomic E-state index is 0.00281. The van der Waals surface area contributed by atoms with Crippen molar-refractivity contribution in [3.63, 3.8) is 0 Å². The number of aliphatic hydroxyl groups excluding tert-OH is 1. The minimum Gasteiger partial charge on any atom is -0.433 e. The van der Waals surface area contributed by atoms with Crippen molar-refractivity contribution in [2.75, 3.05) is 6.61 Å². The van der Waals surface area contributed by atoms with Crippen LogP contribution in [0.3, 0.4) is 0 Å². The zero-order valence-corrected chi connectivity index (χ0v) is 13.1. The molecule has 0 unspecified atom stereocenters. The fraction of sp³-hybridized carbons (Fsp3) is 0.294. The lowest BCUT2D eigenvalue weighted by Crippen LogP contribution is -2.22. The molecule has 0 amide bonds. The van der Waals surface area contributed by atoms with Gasteiger partial charge in [-0.05, 0) is 29.7 Å². The summed E-state index contributed by atoms with van der Waals surface area (Å²) in [5.41, 5.74) is 1.92. The van der Waals surface area contributed by atoms with E-state index in [1.807, 2.05) is 30.3 Å². The third kappa shape index (κ3) is 5.46. The average Bonchev–Trinajstić information content (AvgIpc) is 2.54. The maximum atomic E-state index is 12.2. The van der Waals surface area contributed by atoms with Crippen LogP contribution in [0.25, 0.3) is 0 Å². The van der Waals surface area contributed by atoms with Crippen LogP contribution >= 0.6 is 11.6 Å². The molecule has 0 aliphatic heterocycles. The van der Waals surface area contributed by atoms with Gasteiger partial charge < -0.3 is 15.2 Å². The number of rotatable bonds is 8. The molecule has 23 heavy (non-hydrogen) atoms. The van der Waals surface area contributed by atoms with Gasteiger partial charge in [-0.2, -0.15) is 8.78 Å². The summed E-state index contributed by atoms with van der Waals surface area (Å²) in [6.07, 6.45) is 0.574. The Labute approximate surface area is 138 Å². The molecule has 0 saturated carbocycles. The predicted octanol–water partition coefficient (Wildman–Crippen LogP) is 4.15. The molecule has 0 radical (unpaired) electrons. The number of nitrogens with one attached hydrogen (secondary N) is 1. The van der Waals surface area contributed by atoms with Crippen molar-refractivity contribution in [3.8, 4) is 5.75 Å². The maximum absolute atomic E-state index is 12.2. The van der Waals surface area contributed by atoms with Crippen LogP contribution in [0.5, 0.6) is 5.75 Å². The quantitative estimate of drug-likeness (QED) is 0.757. The van der Waals surface area contributed by atoms with Crippen LogP contribution in [0.2, 0.25) is 5.02 Å². The van der Waals surface area contributed by atoms with Gasteiger partial charge in [-0.25, -0.2) is 0 Å². The van der Waals surface area contributed by atoms with Crippen LogP contribution in [0.15, 0.2) is 48.5 Å². The lowest BCUT2D eigenvalue weighted by molar-refractivity contribution is -0.0497. The van der Waals surface area contributed by atoms with Crippen LogP contribution in [0.1, 0.15) is 23.6 Å². The van der Waals surface area contributed by atoms with Gasteiger partial charge >= 0.3 is 6.61 Å². The number of aliphatic hydroxyl groups is 1. The Bertz CT molecular complexity index is 611. The van der Waals surface area contributed by atoms with Crippen LogP contribution < -0.4 is 10.1 Å². The fourth-order valence-electron chi connectivity index (χ4n) is 2.29. The molecule has 0 fully saturated rings. The summed E-state index contributed by atoms with van der Waals surface area (Å²) in [5.74, 6) is -0.0413. The summed E-state index contributed by atoms with van der Waals surface area (Å²) in [4.78, 5) is 0. The molecule has 124 valence electrons.